The summed E-state index contributed by atoms with van der Waals surface area (Å²) >= 11 is 0. The Morgan fingerprint density at radius 1 is 1.10 bits per heavy atom. The Morgan fingerprint density at radius 3 is 2.25 bits per heavy atom. The highest BCUT2D eigenvalue weighted by Crippen LogP contribution is 2.35. The molecule has 0 aromatic carbocycles. The topological polar surface area (TPSA) is 46.3 Å². The van der Waals surface area contributed by atoms with Gasteiger partial charge in [-0.2, -0.15) is 0 Å². The zero-order chi connectivity index (χ0) is 14.9. The first kappa shape index (κ1) is 15.8. The van der Waals surface area contributed by atoms with E-state index in [4.69, 9.17) is 5.73 Å². The molecule has 0 aromatic heterocycles. The van der Waals surface area contributed by atoms with Crippen LogP contribution in [0.3, 0.4) is 0 Å². The number of likely N-dealkylation sites (tertiary alicyclic amines) is 1. The van der Waals surface area contributed by atoms with E-state index in [1.165, 1.54) is 12.8 Å². The molecule has 3 nitrogen and oxygen atoms in total. The third kappa shape index (κ3) is 3.36. The van der Waals surface area contributed by atoms with E-state index in [0.717, 1.165) is 37.8 Å². The van der Waals surface area contributed by atoms with Crippen LogP contribution in [-0.4, -0.2) is 29.9 Å². The number of nitrogens with zero attached hydrogens (tertiary/aromatic N) is 1. The maximum absolute atomic E-state index is 12.8. The van der Waals surface area contributed by atoms with Crippen LogP contribution in [0.5, 0.6) is 0 Å². The number of hydrogen-bond donors (Lipinski definition) is 1. The first-order chi connectivity index (χ1) is 9.40. The molecule has 0 spiro atoms. The Morgan fingerprint density at radius 2 is 1.70 bits per heavy atom. The van der Waals surface area contributed by atoms with Crippen molar-refractivity contribution >= 4 is 5.91 Å². The molecule has 0 radical (unpaired) electrons. The average Bonchev–Trinajstić information content (AvgIpc) is 2.42. The van der Waals surface area contributed by atoms with E-state index in [1.807, 2.05) is 0 Å². The molecule has 20 heavy (non-hydrogen) atoms. The van der Waals surface area contributed by atoms with Crippen LogP contribution in [0, 0.1) is 29.6 Å². The van der Waals surface area contributed by atoms with Crippen molar-refractivity contribution in [3.8, 4) is 0 Å². The van der Waals surface area contributed by atoms with E-state index in [9.17, 15) is 4.79 Å². The monoisotopic (exact) mass is 280 g/mol. The summed E-state index contributed by atoms with van der Waals surface area (Å²) in [5, 5.41) is 0. The molecule has 2 fully saturated rings. The summed E-state index contributed by atoms with van der Waals surface area (Å²) in [6, 6.07) is 0.202. The largest absolute Gasteiger partial charge is 0.342 e. The molecule has 3 heteroatoms. The third-order valence-corrected chi connectivity index (χ3v) is 5.80. The van der Waals surface area contributed by atoms with E-state index in [1.54, 1.807) is 0 Å². The minimum atomic E-state index is 0.164. The third-order valence-electron chi connectivity index (χ3n) is 5.80. The molecule has 1 aliphatic carbocycles. The Bertz CT molecular complexity index is 334. The standard InChI is InChI=1S/C17H32N2O/c1-11(2)14-5-7-19(8-6-14)17(20)15-10-16(18)13(4)9-12(15)3/h11-16H,5-10,18H2,1-4H3. The van der Waals surface area contributed by atoms with Gasteiger partial charge < -0.3 is 10.6 Å². The number of hydrogen-bond acceptors (Lipinski definition) is 2. The van der Waals surface area contributed by atoms with Crippen molar-refractivity contribution in [2.75, 3.05) is 13.1 Å². The predicted octanol–water partition coefficient (Wildman–Crippen LogP) is 2.89. The fourth-order valence-corrected chi connectivity index (χ4v) is 4.05. The minimum Gasteiger partial charge on any atom is -0.342 e. The predicted molar refractivity (Wildman–Crippen MR) is 83.2 cm³/mol. The van der Waals surface area contributed by atoms with Crippen LogP contribution < -0.4 is 5.73 Å². The fourth-order valence-electron chi connectivity index (χ4n) is 4.05. The van der Waals surface area contributed by atoms with E-state index < -0.39 is 0 Å². The van der Waals surface area contributed by atoms with Gasteiger partial charge in [0.2, 0.25) is 5.91 Å². The van der Waals surface area contributed by atoms with Crippen LogP contribution in [0.25, 0.3) is 0 Å². The highest BCUT2D eigenvalue weighted by atomic mass is 16.2. The second-order valence-corrected chi connectivity index (χ2v) is 7.60. The fraction of sp³-hybridized carbons (Fsp3) is 0.941. The molecule has 1 saturated carbocycles. The van der Waals surface area contributed by atoms with Crippen molar-refractivity contribution in [2.24, 2.45) is 35.3 Å². The summed E-state index contributed by atoms with van der Waals surface area (Å²) in [5.41, 5.74) is 6.19. The van der Waals surface area contributed by atoms with Gasteiger partial charge in [-0.15, -0.1) is 0 Å². The molecule has 116 valence electrons. The van der Waals surface area contributed by atoms with Crippen molar-refractivity contribution in [3.63, 3.8) is 0 Å². The zero-order valence-corrected chi connectivity index (χ0v) is 13.6. The van der Waals surface area contributed by atoms with Gasteiger partial charge in [-0.3, -0.25) is 4.79 Å². The molecular weight excluding hydrogens is 248 g/mol. The molecule has 2 rings (SSSR count). The average molecular weight is 280 g/mol. The van der Waals surface area contributed by atoms with Gasteiger partial charge in [0.15, 0.2) is 0 Å². The Balaban J connectivity index is 1.92. The summed E-state index contributed by atoms with van der Waals surface area (Å²) in [4.78, 5) is 14.9. The van der Waals surface area contributed by atoms with Crippen LogP contribution in [-0.2, 0) is 4.79 Å². The number of nitrogens with two attached hydrogens (primary N) is 1. The van der Waals surface area contributed by atoms with Crippen LogP contribution in [0.15, 0.2) is 0 Å². The van der Waals surface area contributed by atoms with E-state index in [2.05, 4.69) is 32.6 Å². The molecule has 1 aliphatic heterocycles. The Hall–Kier alpha value is -0.570. The van der Waals surface area contributed by atoms with Crippen LogP contribution in [0.1, 0.15) is 53.4 Å². The number of carbonyl (C=O) groups is 1. The Kier molecular flexibility index (Phi) is 5.11. The van der Waals surface area contributed by atoms with Gasteiger partial charge in [-0.25, -0.2) is 0 Å². The smallest absolute Gasteiger partial charge is 0.226 e. The normalized spacial score (nSPS) is 36.4. The second kappa shape index (κ2) is 6.46. The Labute approximate surface area is 124 Å². The van der Waals surface area contributed by atoms with Gasteiger partial charge in [0.25, 0.3) is 0 Å². The summed E-state index contributed by atoms with van der Waals surface area (Å²) in [7, 11) is 0. The van der Waals surface area contributed by atoms with Crippen LogP contribution >= 0.6 is 0 Å². The number of carbonyl (C=O) groups excluding carboxylic acids is 1. The minimum absolute atomic E-state index is 0.164. The zero-order valence-electron chi connectivity index (χ0n) is 13.6. The van der Waals surface area contributed by atoms with Crippen molar-refractivity contribution in [2.45, 2.75) is 59.4 Å². The van der Waals surface area contributed by atoms with Crippen LogP contribution in [0.2, 0.25) is 0 Å². The van der Waals surface area contributed by atoms with Crippen molar-refractivity contribution < 1.29 is 4.79 Å². The van der Waals surface area contributed by atoms with E-state index in [-0.39, 0.29) is 12.0 Å². The maximum atomic E-state index is 12.8. The quantitative estimate of drug-likeness (QED) is 0.845. The molecule has 4 atom stereocenters. The van der Waals surface area contributed by atoms with Crippen molar-refractivity contribution in [1.29, 1.82) is 0 Å². The molecule has 2 N–H and O–H groups in total. The number of rotatable bonds is 2. The SMILES string of the molecule is CC(C)C1CCN(C(=O)C2CC(N)C(C)CC2C)CC1. The summed E-state index contributed by atoms with van der Waals surface area (Å²) in [6.07, 6.45) is 4.32. The number of amides is 1. The summed E-state index contributed by atoms with van der Waals surface area (Å²) in [5.74, 6) is 3.12. The highest BCUT2D eigenvalue weighted by Gasteiger charge is 2.37. The van der Waals surface area contributed by atoms with Gasteiger partial charge in [0.05, 0.1) is 0 Å². The molecule has 1 saturated heterocycles. The second-order valence-electron chi connectivity index (χ2n) is 7.60. The molecule has 0 bridgehead atoms. The lowest BCUT2D eigenvalue weighted by Crippen LogP contribution is -2.48. The van der Waals surface area contributed by atoms with Gasteiger partial charge >= 0.3 is 0 Å². The lowest BCUT2D eigenvalue weighted by Gasteiger charge is -2.41. The lowest BCUT2D eigenvalue weighted by molar-refractivity contribution is -0.140. The molecule has 1 heterocycles. The van der Waals surface area contributed by atoms with E-state index >= 15 is 0 Å². The van der Waals surface area contributed by atoms with Gasteiger partial charge in [-0.1, -0.05) is 27.7 Å². The van der Waals surface area contributed by atoms with Gasteiger partial charge in [-0.05, 0) is 49.4 Å². The van der Waals surface area contributed by atoms with Gasteiger partial charge in [0, 0.05) is 25.0 Å². The molecule has 1 amide bonds. The summed E-state index contributed by atoms with van der Waals surface area (Å²) in [6.45, 7) is 10.9. The van der Waals surface area contributed by atoms with Crippen molar-refractivity contribution in [3.05, 3.63) is 0 Å². The maximum Gasteiger partial charge on any atom is 0.226 e. The molecular formula is C17H32N2O. The number of piperidine rings is 1. The summed E-state index contributed by atoms with van der Waals surface area (Å²) < 4.78 is 0. The van der Waals surface area contributed by atoms with Crippen molar-refractivity contribution in [1.82, 2.24) is 4.90 Å². The van der Waals surface area contributed by atoms with Gasteiger partial charge in [0.1, 0.15) is 0 Å². The highest BCUT2D eigenvalue weighted by molar-refractivity contribution is 5.79. The first-order valence-electron chi connectivity index (χ1n) is 8.44. The lowest BCUT2D eigenvalue weighted by atomic mass is 9.72. The first-order valence-corrected chi connectivity index (χ1v) is 8.44. The molecule has 0 aromatic rings. The molecule has 2 aliphatic rings. The molecule has 4 unspecified atom stereocenters. The van der Waals surface area contributed by atoms with E-state index in [0.29, 0.717) is 17.7 Å². The van der Waals surface area contributed by atoms with Crippen LogP contribution in [0.4, 0.5) is 0 Å².